The fourth-order valence-corrected chi connectivity index (χ4v) is 8.09. The largest absolute Gasteiger partial charge is 0.469 e. The average Bonchev–Trinajstić information content (AvgIpc) is 3.49. The van der Waals surface area contributed by atoms with Crippen LogP contribution >= 0.6 is 0 Å². The number of halogens is 1. The molecule has 4 atom stereocenters. The van der Waals surface area contributed by atoms with E-state index in [0.29, 0.717) is 17.5 Å². The van der Waals surface area contributed by atoms with E-state index >= 15 is 0 Å². The first-order valence-corrected chi connectivity index (χ1v) is 16.3. The number of hydrogen-bond donors (Lipinski definition) is 1. The quantitative estimate of drug-likeness (QED) is 0.368. The van der Waals surface area contributed by atoms with Crippen molar-refractivity contribution in [1.29, 1.82) is 0 Å². The van der Waals surface area contributed by atoms with Crippen LogP contribution in [0.15, 0.2) is 70.6 Å². The fraction of sp³-hybridized carbons (Fsp3) is 0.357. The van der Waals surface area contributed by atoms with Crippen molar-refractivity contribution in [1.82, 2.24) is 4.90 Å². The van der Waals surface area contributed by atoms with Gasteiger partial charge in [-0.05, 0) is 53.6 Å². The van der Waals surface area contributed by atoms with Crippen LogP contribution in [0.5, 0.6) is 0 Å². The SMILES string of the molecule is COC(=O)C1C2C=CC(C2)C1N(Cc1ccc(F)cc1)C(=O)CC1=CS(=O)(=O)c2cc(CS(C)(=O)=O)ccc2N1. The molecule has 0 aromatic heterocycles. The van der Waals surface area contributed by atoms with Crippen LogP contribution in [-0.2, 0) is 46.3 Å². The van der Waals surface area contributed by atoms with Gasteiger partial charge in [-0.3, -0.25) is 9.59 Å². The van der Waals surface area contributed by atoms with Crippen molar-refractivity contribution < 1.29 is 35.6 Å². The number of carbonyl (C=O) groups is 2. The van der Waals surface area contributed by atoms with Crippen LogP contribution in [0.25, 0.3) is 0 Å². The summed E-state index contributed by atoms with van der Waals surface area (Å²) in [6, 6.07) is 9.54. The Bertz CT molecular complexity index is 1630. The molecule has 5 rings (SSSR count). The van der Waals surface area contributed by atoms with E-state index < -0.39 is 49.3 Å². The van der Waals surface area contributed by atoms with Gasteiger partial charge in [-0.1, -0.05) is 30.4 Å². The van der Waals surface area contributed by atoms with Gasteiger partial charge in [0.05, 0.1) is 47.2 Å². The normalized spacial score (nSPS) is 24.1. The molecule has 1 amide bonds. The number of hydrogen-bond acceptors (Lipinski definition) is 8. The number of nitrogens with one attached hydrogen (secondary N) is 1. The molecular formula is C28H29FN2O7S2. The summed E-state index contributed by atoms with van der Waals surface area (Å²) in [6.07, 6.45) is 5.42. The number of fused-ring (bicyclic) bond motifs is 3. The van der Waals surface area contributed by atoms with E-state index in [2.05, 4.69) is 5.32 Å². The van der Waals surface area contributed by atoms with Gasteiger partial charge in [0.15, 0.2) is 9.84 Å². The summed E-state index contributed by atoms with van der Waals surface area (Å²) < 4.78 is 68.3. The molecule has 4 unspecified atom stereocenters. The van der Waals surface area contributed by atoms with Crippen molar-refractivity contribution in [2.24, 2.45) is 17.8 Å². The van der Waals surface area contributed by atoms with Crippen molar-refractivity contribution in [2.45, 2.75) is 36.1 Å². The van der Waals surface area contributed by atoms with Crippen LogP contribution in [-0.4, -0.2) is 53.0 Å². The summed E-state index contributed by atoms with van der Waals surface area (Å²) in [5, 5.41) is 3.98. The number of anilines is 1. The lowest BCUT2D eigenvalue weighted by atomic mass is 9.87. The molecule has 3 aliphatic rings. The third-order valence-electron chi connectivity index (χ3n) is 7.55. The van der Waals surface area contributed by atoms with Crippen LogP contribution < -0.4 is 5.32 Å². The van der Waals surface area contributed by atoms with E-state index in [1.54, 1.807) is 17.0 Å². The van der Waals surface area contributed by atoms with E-state index in [4.69, 9.17) is 4.74 Å². The first-order chi connectivity index (χ1) is 18.8. The van der Waals surface area contributed by atoms with Gasteiger partial charge in [0.1, 0.15) is 5.82 Å². The molecule has 1 fully saturated rings. The van der Waals surface area contributed by atoms with E-state index in [1.807, 2.05) is 12.2 Å². The van der Waals surface area contributed by atoms with Crippen LogP contribution in [0.4, 0.5) is 10.1 Å². The van der Waals surface area contributed by atoms with Gasteiger partial charge >= 0.3 is 5.97 Å². The number of rotatable bonds is 8. The number of esters is 1. The van der Waals surface area contributed by atoms with E-state index in [9.17, 15) is 30.8 Å². The molecule has 2 bridgehead atoms. The molecule has 0 spiro atoms. The van der Waals surface area contributed by atoms with E-state index in [1.165, 1.54) is 37.4 Å². The molecule has 2 aliphatic carbocycles. The predicted molar refractivity (Wildman–Crippen MR) is 145 cm³/mol. The number of amides is 1. The van der Waals surface area contributed by atoms with Gasteiger partial charge in [-0.15, -0.1) is 0 Å². The van der Waals surface area contributed by atoms with Crippen molar-refractivity contribution in [3.05, 3.63) is 82.7 Å². The zero-order valence-corrected chi connectivity index (χ0v) is 23.5. The molecule has 0 saturated heterocycles. The number of nitrogens with zero attached hydrogens (tertiary/aromatic N) is 1. The second kappa shape index (κ2) is 10.5. The maximum Gasteiger partial charge on any atom is 0.311 e. The smallest absolute Gasteiger partial charge is 0.311 e. The Morgan fingerprint density at radius 2 is 1.75 bits per heavy atom. The number of carbonyl (C=O) groups excluding carboxylic acids is 2. The molecule has 1 heterocycles. The maximum absolute atomic E-state index is 13.9. The standard InChI is InChI=1S/C28H29FN2O7S2/c1-38-28(33)26-19-6-7-20(12-19)27(26)31(14-17-3-8-21(29)9-4-17)25(32)13-22-16-40(36,37)24-11-18(15-39(2,34)35)5-10-23(24)30-22/h3-11,16,19-20,26-27,30H,12-15H2,1-2H3. The second-order valence-corrected chi connectivity index (χ2v) is 14.4. The maximum atomic E-state index is 13.9. The lowest BCUT2D eigenvalue weighted by molar-refractivity contribution is -0.150. The van der Waals surface area contributed by atoms with E-state index in [-0.39, 0.29) is 46.8 Å². The van der Waals surface area contributed by atoms with Gasteiger partial charge in [-0.2, -0.15) is 0 Å². The zero-order chi connectivity index (χ0) is 28.8. The Hall–Kier alpha value is -3.51. The molecule has 212 valence electrons. The Morgan fingerprint density at radius 1 is 1.07 bits per heavy atom. The molecule has 2 aromatic carbocycles. The Labute approximate surface area is 232 Å². The van der Waals surface area contributed by atoms with Gasteiger partial charge < -0.3 is 15.0 Å². The molecule has 2 aromatic rings. The third kappa shape index (κ3) is 5.68. The van der Waals surface area contributed by atoms with Crippen LogP contribution in [0.2, 0.25) is 0 Å². The molecule has 1 aliphatic heterocycles. The van der Waals surface area contributed by atoms with Crippen molar-refractivity contribution in [3.8, 4) is 0 Å². The molecular weight excluding hydrogens is 559 g/mol. The monoisotopic (exact) mass is 588 g/mol. The summed E-state index contributed by atoms with van der Waals surface area (Å²) in [5.41, 5.74) is 1.38. The average molecular weight is 589 g/mol. The number of benzene rings is 2. The number of allylic oxidation sites excluding steroid dienone is 1. The summed E-state index contributed by atoms with van der Waals surface area (Å²) in [5.74, 6) is -2.28. The summed E-state index contributed by atoms with van der Waals surface area (Å²) in [4.78, 5) is 28.2. The topological polar surface area (TPSA) is 127 Å². The number of methoxy groups -OCH3 is 1. The predicted octanol–water partition coefficient (Wildman–Crippen LogP) is 3.19. The highest BCUT2D eigenvalue weighted by Crippen LogP contribution is 2.47. The minimum absolute atomic E-state index is 0.0722. The molecule has 40 heavy (non-hydrogen) atoms. The minimum atomic E-state index is -3.98. The fourth-order valence-electron chi connectivity index (χ4n) is 5.92. The lowest BCUT2D eigenvalue weighted by Crippen LogP contribution is -2.49. The first-order valence-electron chi connectivity index (χ1n) is 12.7. The Kier molecular flexibility index (Phi) is 7.34. The Balaban J connectivity index is 1.44. The van der Waals surface area contributed by atoms with Gasteiger partial charge in [-0.25, -0.2) is 21.2 Å². The van der Waals surface area contributed by atoms with Gasteiger partial charge in [0.2, 0.25) is 15.7 Å². The lowest BCUT2D eigenvalue weighted by Gasteiger charge is -2.37. The summed E-state index contributed by atoms with van der Waals surface area (Å²) in [7, 11) is -6.04. The first kappa shape index (κ1) is 28.0. The van der Waals surface area contributed by atoms with Gasteiger partial charge in [0.25, 0.3) is 0 Å². The molecule has 0 radical (unpaired) electrons. The van der Waals surface area contributed by atoms with Crippen molar-refractivity contribution in [3.63, 3.8) is 0 Å². The number of ether oxygens (including phenoxy) is 1. The van der Waals surface area contributed by atoms with Crippen LogP contribution in [0.1, 0.15) is 24.0 Å². The zero-order valence-electron chi connectivity index (χ0n) is 21.9. The van der Waals surface area contributed by atoms with Gasteiger partial charge in [0, 0.05) is 18.5 Å². The highest BCUT2D eigenvalue weighted by atomic mass is 32.2. The highest BCUT2D eigenvalue weighted by Gasteiger charge is 2.52. The van der Waals surface area contributed by atoms with Crippen molar-refractivity contribution >= 4 is 37.2 Å². The summed E-state index contributed by atoms with van der Waals surface area (Å²) in [6.45, 7) is 0.0970. The van der Waals surface area contributed by atoms with Crippen molar-refractivity contribution in [2.75, 3.05) is 18.7 Å². The molecule has 1 N–H and O–H groups in total. The molecule has 12 heteroatoms. The molecule has 9 nitrogen and oxygen atoms in total. The highest BCUT2D eigenvalue weighted by molar-refractivity contribution is 7.94. The van der Waals surface area contributed by atoms with Crippen LogP contribution in [0, 0.1) is 23.6 Å². The minimum Gasteiger partial charge on any atom is -0.469 e. The molecule has 1 saturated carbocycles. The third-order valence-corrected chi connectivity index (χ3v) is 9.96. The van der Waals surface area contributed by atoms with E-state index in [0.717, 1.165) is 11.7 Å². The Morgan fingerprint density at radius 3 is 2.42 bits per heavy atom. The second-order valence-electron chi connectivity index (χ2n) is 10.5. The van der Waals surface area contributed by atoms with Crippen LogP contribution in [0.3, 0.4) is 0 Å². The number of sulfone groups is 2. The summed E-state index contributed by atoms with van der Waals surface area (Å²) >= 11 is 0.